The number of rotatable bonds is 0. The fourth-order valence-electron chi connectivity index (χ4n) is 2.59. The lowest BCUT2D eigenvalue weighted by Crippen LogP contribution is -2.32. The van der Waals surface area contributed by atoms with E-state index in [9.17, 15) is 4.79 Å². The summed E-state index contributed by atoms with van der Waals surface area (Å²) in [5, 5.41) is 9.00. The second-order valence-corrected chi connectivity index (χ2v) is 6.07. The number of para-hydroxylation sites is 2. The molecule has 0 saturated carbocycles. The highest BCUT2D eigenvalue weighted by Gasteiger charge is 2.21. The lowest BCUT2D eigenvalue weighted by molar-refractivity contribution is 0.256. The molecule has 2 aromatic rings. The molecule has 1 aliphatic heterocycles. The quantitative estimate of drug-likeness (QED) is 0.163. The molecule has 2 amide bonds. The maximum Gasteiger partial charge on any atom is 0.323 e. The average Bonchev–Trinajstić information content (AvgIpc) is 3.09. The van der Waals surface area contributed by atoms with E-state index in [0.717, 1.165) is 22.5 Å². The number of nitrogens with two attached hydrogens (primary N) is 1. The number of primary amides is 1. The molecule has 2 aromatic carbocycles. The van der Waals surface area contributed by atoms with E-state index < -0.39 is 6.03 Å². The smallest absolute Gasteiger partial charge is 0.323 e. The lowest BCUT2D eigenvalue weighted by atomic mass is 10.1. The van der Waals surface area contributed by atoms with Crippen LogP contribution in [0.3, 0.4) is 0 Å². The summed E-state index contributed by atoms with van der Waals surface area (Å²) in [6.45, 7) is 1.70. The van der Waals surface area contributed by atoms with E-state index in [1.54, 1.807) is 11.8 Å². The van der Waals surface area contributed by atoms with Gasteiger partial charge in [-0.25, -0.2) is 4.79 Å². The topological polar surface area (TPSA) is 115 Å². The zero-order valence-corrected chi connectivity index (χ0v) is 19.6. The Balaban J connectivity index is -0.000000275. The van der Waals surface area contributed by atoms with Gasteiger partial charge in [0.2, 0.25) is 0 Å². The maximum atomic E-state index is 11.8. The molecule has 3 rings (SSSR count). The van der Waals surface area contributed by atoms with Crippen LogP contribution in [0.4, 0.5) is 16.2 Å². The Morgan fingerprint density at radius 3 is 1.59 bits per heavy atom. The van der Waals surface area contributed by atoms with Crippen molar-refractivity contribution in [2.75, 3.05) is 4.90 Å². The largest absolute Gasteiger partial charge is 0.449 e. The fraction of sp³-hybridized carbons (Fsp3) is 0.0333. The SMILES string of the molecule is C#CC#CC#CC#CC#CC#CC#CC.NC(=O)N1c2ccccc2C=Cc2ccccc21.[HH].[HH].[HH].[HH].[N-]=[N+]=NO. The molecule has 0 atom stereocenters. The Morgan fingerprint density at radius 2 is 1.24 bits per heavy atom. The number of amides is 2. The van der Waals surface area contributed by atoms with Gasteiger partial charge in [-0.05, 0) is 107 Å². The minimum absolute atomic E-state index is 0. The standard InChI is InChI=1S/C15H12N2O.C15H4.HN3O.4H2/c16-15(18)17-13-7-3-1-5-11(13)9-10-12-6-2-4-8-14(12)17;1-3-5-7-9-11-13-15-14-12-10-8-6-4-2;1-2-3-4;;;;/h1-10H,(H2,16,18);1H,2H3;4H;4*1H. The van der Waals surface area contributed by atoms with E-state index in [1.807, 2.05) is 70.9 Å². The van der Waals surface area contributed by atoms with Crippen molar-refractivity contribution < 1.29 is 15.7 Å². The molecule has 0 radical (unpaired) electrons. The molecule has 1 aliphatic rings. The number of hydrogen-bond donors (Lipinski definition) is 2. The van der Waals surface area contributed by atoms with Crippen molar-refractivity contribution in [2.24, 2.45) is 11.0 Å². The van der Waals surface area contributed by atoms with Crippen LogP contribution in [0, 0.1) is 83.4 Å². The predicted octanol–water partition coefficient (Wildman–Crippen LogP) is 5.72. The number of azide groups is 1. The Labute approximate surface area is 221 Å². The summed E-state index contributed by atoms with van der Waals surface area (Å²) in [6.07, 6.45) is 8.87. The Hall–Kier alpha value is -6.52. The molecule has 0 saturated heterocycles. The number of anilines is 2. The summed E-state index contributed by atoms with van der Waals surface area (Å²) in [7, 11) is 0. The molecule has 7 heteroatoms. The molecule has 37 heavy (non-hydrogen) atoms. The van der Waals surface area contributed by atoms with Crippen molar-refractivity contribution in [3.8, 4) is 83.4 Å². The van der Waals surface area contributed by atoms with Gasteiger partial charge < -0.3 is 10.9 Å². The van der Waals surface area contributed by atoms with Gasteiger partial charge >= 0.3 is 6.03 Å². The number of benzene rings is 2. The van der Waals surface area contributed by atoms with Crippen molar-refractivity contribution >= 4 is 29.6 Å². The summed E-state index contributed by atoms with van der Waals surface area (Å²) >= 11 is 0. The third-order valence-electron chi connectivity index (χ3n) is 3.88. The molecule has 1 heterocycles. The average molecular weight is 488 g/mol. The maximum absolute atomic E-state index is 11.8. The van der Waals surface area contributed by atoms with E-state index in [1.165, 1.54) is 0 Å². The van der Waals surface area contributed by atoms with Crippen LogP contribution >= 0.6 is 0 Å². The van der Waals surface area contributed by atoms with Gasteiger partial charge in [-0.1, -0.05) is 54.5 Å². The number of carbonyl (C=O) groups is 1. The van der Waals surface area contributed by atoms with Crippen LogP contribution in [0.25, 0.3) is 22.6 Å². The summed E-state index contributed by atoms with van der Waals surface area (Å²) in [5.41, 5.74) is 16.2. The molecule has 0 spiro atoms. The van der Waals surface area contributed by atoms with Crippen LogP contribution < -0.4 is 10.6 Å². The normalized spacial score (nSPS) is 8.05. The molecule has 0 bridgehead atoms. The van der Waals surface area contributed by atoms with E-state index in [2.05, 4.69) is 77.0 Å². The number of fused-ring (bicyclic) bond motifs is 2. The van der Waals surface area contributed by atoms with Crippen LogP contribution in [0.15, 0.2) is 53.8 Å². The van der Waals surface area contributed by atoms with Gasteiger partial charge in [0, 0.05) is 10.6 Å². The fourth-order valence-corrected chi connectivity index (χ4v) is 2.59. The lowest BCUT2D eigenvalue weighted by Gasteiger charge is -2.22. The van der Waals surface area contributed by atoms with E-state index in [-0.39, 0.29) is 5.71 Å². The van der Waals surface area contributed by atoms with Gasteiger partial charge in [-0.15, -0.1) is 6.42 Å². The van der Waals surface area contributed by atoms with E-state index >= 15 is 0 Å². The number of terminal acetylenes is 1. The molecule has 3 N–H and O–H groups in total. The highest BCUT2D eigenvalue weighted by molar-refractivity contribution is 6.04. The second kappa shape index (κ2) is 18.0. The Bertz CT molecular complexity index is 1610. The minimum atomic E-state index is -0.474. The minimum Gasteiger partial charge on any atom is -0.449 e. The van der Waals surface area contributed by atoms with Crippen molar-refractivity contribution in [3.63, 3.8) is 0 Å². The van der Waals surface area contributed by atoms with Gasteiger partial charge in [0.05, 0.1) is 11.4 Å². The third kappa shape index (κ3) is 10.8. The molecule has 182 valence electrons. The zero-order valence-electron chi connectivity index (χ0n) is 19.6. The van der Waals surface area contributed by atoms with Crippen LogP contribution in [0.1, 0.15) is 23.8 Å². The zero-order chi connectivity index (χ0) is 27.1. The van der Waals surface area contributed by atoms with Crippen LogP contribution in [-0.4, -0.2) is 11.2 Å². The molecule has 7 nitrogen and oxygen atoms in total. The monoisotopic (exact) mass is 487 g/mol. The predicted molar refractivity (Wildman–Crippen MR) is 154 cm³/mol. The Morgan fingerprint density at radius 1 is 0.865 bits per heavy atom. The highest BCUT2D eigenvalue weighted by atomic mass is 16.4. The van der Waals surface area contributed by atoms with Gasteiger partial charge in [0.15, 0.2) is 0 Å². The molecule has 0 aliphatic carbocycles. The molecular weight excluding hydrogens is 462 g/mol. The second-order valence-electron chi connectivity index (χ2n) is 6.07. The van der Waals surface area contributed by atoms with Gasteiger partial charge in [-0.2, -0.15) is 0 Å². The van der Waals surface area contributed by atoms with Crippen molar-refractivity contribution in [2.45, 2.75) is 6.92 Å². The van der Waals surface area contributed by atoms with Gasteiger partial charge in [0.1, 0.15) is 5.28 Å². The van der Waals surface area contributed by atoms with Crippen molar-refractivity contribution in [3.05, 3.63) is 70.1 Å². The first-order chi connectivity index (χ1) is 18.1. The van der Waals surface area contributed by atoms with Crippen LogP contribution in [-0.2, 0) is 0 Å². The molecule has 0 unspecified atom stereocenters. The third-order valence-corrected chi connectivity index (χ3v) is 3.88. The van der Waals surface area contributed by atoms with E-state index in [4.69, 9.17) is 22.9 Å². The number of hydrogen-bond acceptors (Lipinski definition) is 2. The van der Waals surface area contributed by atoms with E-state index in [0.29, 0.717) is 0 Å². The molecule has 0 fully saturated rings. The molecule has 0 aromatic heterocycles. The van der Waals surface area contributed by atoms with Crippen molar-refractivity contribution in [1.29, 1.82) is 0 Å². The van der Waals surface area contributed by atoms with Crippen LogP contribution in [0.2, 0.25) is 0 Å². The summed E-state index contributed by atoms with van der Waals surface area (Å²) in [5.74, 6) is 31.9. The first-order valence-corrected chi connectivity index (χ1v) is 10.1. The Kier molecular flexibility index (Phi) is 13.8. The first-order valence-electron chi connectivity index (χ1n) is 10.1. The summed E-state index contributed by atoms with van der Waals surface area (Å²) in [4.78, 5) is 15.2. The molecular formula is C30H25N5O2. The highest BCUT2D eigenvalue weighted by Crippen LogP contribution is 2.35. The number of nitrogens with zero attached hydrogens (tertiary/aromatic N) is 4. The number of urea groups is 1. The number of carbonyl (C=O) groups excluding carboxylic acids is 1. The van der Waals surface area contributed by atoms with Gasteiger partial charge in [0.25, 0.3) is 0 Å². The summed E-state index contributed by atoms with van der Waals surface area (Å²) < 4.78 is 0. The van der Waals surface area contributed by atoms with Crippen molar-refractivity contribution in [1.82, 2.24) is 0 Å². The van der Waals surface area contributed by atoms with Crippen LogP contribution in [0.5, 0.6) is 0 Å². The van der Waals surface area contributed by atoms with Gasteiger partial charge in [-0.3, -0.25) is 4.90 Å². The first kappa shape index (κ1) is 28.5. The summed E-state index contributed by atoms with van der Waals surface area (Å²) in [6, 6.07) is 14.9.